The average Bonchev–Trinajstić information content (AvgIpc) is 4.16. The van der Waals surface area contributed by atoms with Crippen LogP contribution in [0.25, 0.3) is 93.9 Å². The predicted molar refractivity (Wildman–Crippen MR) is 290 cm³/mol. The van der Waals surface area contributed by atoms with E-state index in [1.54, 1.807) is 0 Å². The standard InChI is InChI=1S/C67H42N2O/c1-3-17-43(18-4-1)44-33-37-48(38-34-44)69(60-30-15-28-58-65(60)53-24-9-13-27-57(53)67(58)55-25-11-7-21-49(55)50-22-8-12-26-56(50)67)61-31-16-32-64-66(61)54-41-45(36-40-63(54)70-64)46-35-39-52-51-23-10-14-29-59(51)68(62(52)42-46)47-19-5-2-6-20-47/h1-42H. The number of nitrogens with zero attached hydrogens (tertiary/aromatic N) is 2. The van der Waals surface area contributed by atoms with E-state index in [0.717, 1.165) is 55.8 Å². The zero-order chi connectivity index (χ0) is 45.9. The molecule has 0 N–H and O–H groups in total. The van der Waals surface area contributed by atoms with Crippen LogP contribution in [0.3, 0.4) is 0 Å². The van der Waals surface area contributed by atoms with Gasteiger partial charge in [0.15, 0.2) is 0 Å². The predicted octanol–water partition coefficient (Wildman–Crippen LogP) is 17.8. The van der Waals surface area contributed by atoms with E-state index in [0.29, 0.717) is 0 Å². The maximum atomic E-state index is 6.84. The zero-order valence-corrected chi connectivity index (χ0v) is 38.1. The second-order valence-corrected chi connectivity index (χ2v) is 18.7. The Hall–Kier alpha value is -9.18. The molecule has 15 rings (SSSR count). The lowest BCUT2D eigenvalue weighted by atomic mass is 9.70. The Labute approximate surface area is 405 Å². The molecule has 0 radical (unpaired) electrons. The van der Waals surface area contributed by atoms with Crippen LogP contribution >= 0.6 is 0 Å². The minimum Gasteiger partial charge on any atom is -0.456 e. The normalized spacial score (nSPS) is 13.0. The molecule has 2 aromatic heterocycles. The molecule has 2 aliphatic rings. The van der Waals surface area contributed by atoms with E-state index in [1.807, 2.05) is 0 Å². The molecule has 0 bridgehead atoms. The molecule has 3 heteroatoms. The first-order chi connectivity index (χ1) is 34.7. The van der Waals surface area contributed by atoms with Crippen molar-refractivity contribution in [3.63, 3.8) is 0 Å². The van der Waals surface area contributed by atoms with Crippen molar-refractivity contribution >= 4 is 60.8 Å². The second kappa shape index (κ2) is 14.9. The largest absolute Gasteiger partial charge is 0.456 e. The van der Waals surface area contributed by atoms with E-state index in [4.69, 9.17) is 4.42 Å². The van der Waals surface area contributed by atoms with E-state index in [2.05, 4.69) is 264 Å². The monoisotopic (exact) mass is 890 g/mol. The molecular weight excluding hydrogens is 849 g/mol. The van der Waals surface area contributed by atoms with Crippen LogP contribution < -0.4 is 4.90 Å². The number of fused-ring (bicyclic) bond motifs is 16. The van der Waals surface area contributed by atoms with Crippen molar-refractivity contribution in [1.82, 2.24) is 4.57 Å². The number of anilines is 3. The summed E-state index contributed by atoms with van der Waals surface area (Å²) in [6.07, 6.45) is 0. The van der Waals surface area contributed by atoms with Gasteiger partial charge in [0.25, 0.3) is 0 Å². The van der Waals surface area contributed by atoms with Crippen molar-refractivity contribution in [2.45, 2.75) is 5.41 Å². The Bertz CT molecular complexity index is 4190. The van der Waals surface area contributed by atoms with Crippen LogP contribution in [0, 0.1) is 0 Å². The molecule has 70 heavy (non-hydrogen) atoms. The zero-order valence-electron chi connectivity index (χ0n) is 38.1. The topological polar surface area (TPSA) is 21.3 Å². The van der Waals surface area contributed by atoms with Gasteiger partial charge < -0.3 is 13.9 Å². The lowest BCUT2D eigenvalue weighted by molar-refractivity contribution is 0.669. The minimum atomic E-state index is -0.478. The van der Waals surface area contributed by atoms with Gasteiger partial charge in [0.05, 0.1) is 33.2 Å². The molecule has 0 atom stereocenters. The molecule has 0 saturated heterocycles. The van der Waals surface area contributed by atoms with Gasteiger partial charge in [-0.05, 0) is 128 Å². The van der Waals surface area contributed by atoms with Crippen molar-refractivity contribution in [2.24, 2.45) is 0 Å². The molecule has 2 aliphatic carbocycles. The van der Waals surface area contributed by atoms with Crippen LogP contribution in [-0.2, 0) is 5.41 Å². The SMILES string of the molecule is c1ccc(-c2ccc(N(c3cccc4c3-c3ccccc3C43c4ccccc4-c4ccccc43)c3cccc4oc5ccc(-c6ccc7c8ccccc8n(-c8ccccc8)c7c6)cc5c34)cc2)cc1. The Balaban J connectivity index is 0.974. The molecule has 13 aromatic rings. The number of hydrogen-bond donors (Lipinski definition) is 0. The highest BCUT2D eigenvalue weighted by atomic mass is 16.3. The van der Waals surface area contributed by atoms with Gasteiger partial charge in [-0.1, -0.05) is 188 Å². The van der Waals surface area contributed by atoms with Crippen LogP contribution in [0.1, 0.15) is 22.3 Å². The number of rotatable bonds is 6. The van der Waals surface area contributed by atoms with Crippen molar-refractivity contribution in [2.75, 3.05) is 4.90 Å². The van der Waals surface area contributed by atoms with Crippen LogP contribution in [0.15, 0.2) is 259 Å². The van der Waals surface area contributed by atoms with Crippen molar-refractivity contribution in [1.29, 1.82) is 0 Å². The quantitative estimate of drug-likeness (QED) is 0.166. The maximum Gasteiger partial charge on any atom is 0.137 e. The molecule has 3 nitrogen and oxygen atoms in total. The average molecular weight is 891 g/mol. The van der Waals surface area contributed by atoms with E-state index >= 15 is 0 Å². The van der Waals surface area contributed by atoms with E-state index in [9.17, 15) is 0 Å². The van der Waals surface area contributed by atoms with Gasteiger partial charge in [0, 0.05) is 33.1 Å². The minimum absolute atomic E-state index is 0.478. The van der Waals surface area contributed by atoms with Crippen LogP contribution in [0.2, 0.25) is 0 Å². The second-order valence-electron chi connectivity index (χ2n) is 18.7. The fourth-order valence-electron chi connectivity index (χ4n) is 12.3. The highest BCUT2D eigenvalue weighted by Gasteiger charge is 2.52. The first-order valence-electron chi connectivity index (χ1n) is 24.2. The smallest absolute Gasteiger partial charge is 0.137 e. The Kier molecular flexibility index (Phi) is 8.28. The summed E-state index contributed by atoms with van der Waals surface area (Å²) in [5, 5.41) is 4.62. The molecule has 11 aromatic carbocycles. The highest BCUT2D eigenvalue weighted by Crippen LogP contribution is 2.65. The van der Waals surface area contributed by atoms with Gasteiger partial charge in [-0.25, -0.2) is 0 Å². The third-order valence-corrected chi connectivity index (χ3v) is 15.2. The molecule has 326 valence electrons. The number of furan rings is 1. The molecule has 2 heterocycles. The molecule has 0 saturated carbocycles. The Morgan fingerprint density at radius 1 is 0.343 bits per heavy atom. The number of para-hydroxylation sites is 2. The summed E-state index contributed by atoms with van der Waals surface area (Å²) in [5.41, 5.74) is 23.0. The van der Waals surface area contributed by atoms with Crippen LogP contribution in [0.4, 0.5) is 17.1 Å². The van der Waals surface area contributed by atoms with Gasteiger partial charge in [0.1, 0.15) is 11.2 Å². The number of hydrogen-bond acceptors (Lipinski definition) is 2. The lowest BCUT2D eigenvalue weighted by Crippen LogP contribution is -2.26. The summed E-state index contributed by atoms with van der Waals surface area (Å²) in [4.78, 5) is 2.49. The van der Waals surface area contributed by atoms with Gasteiger partial charge in [-0.15, -0.1) is 0 Å². The third kappa shape index (κ3) is 5.40. The first-order valence-corrected chi connectivity index (χ1v) is 24.2. The van der Waals surface area contributed by atoms with Gasteiger partial charge >= 0.3 is 0 Å². The van der Waals surface area contributed by atoms with E-state index in [-0.39, 0.29) is 0 Å². The van der Waals surface area contributed by atoms with Gasteiger partial charge in [-0.2, -0.15) is 0 Å². The summed E-state index contributed by atoms with van der Waals surface area (Å²) in [6, 6.07) is 93.4. The summed E-state index contributed by atoms with van der Waals surface area (Å²) in [6.45, 7) is 0. The van der Waals surface area contributed by atoms with Gasteiger partial charge in [-0.3, -0.25) is 0 Å². The number of aromatic nitrogens is 1. The highest BCUT2D eigenvalue weighted by molar-refractivity contribution is 6.16. The van der Waals surface area contributed by atoms with Crippen molar-refractivity contribution in [3.8, 4) is 50.2 Å². The molecule has 0 unspecified atom stereocenters. The maximum absolute atomic E-state index is 6.84. The molecule has 0 aliphatic heterocycles. The molecule has 0 fully saturated rings. The Morgan fingerprint density at radius 3 is 1.67 bits per heavy atom. The van der Waals surface area contributed by atoms with Crippen LogP contribution in [-0.4, -0.2) is 4.57 Å². The number of benzene rings is 11. The lowest BCUT2D eigenvalue weighted by Gasteiger charge is -2.32. The summed E-state index contributed by atoms with van der Waals surface area (Å²) < 4.78 is 9.23. The molecule has 0 amide bonds. The van der Waals surface area contributed by atoms with Gasteiger partial charge in [0.2, 0.25) is 0 Å². The fourth-order valence-corrected chi connectivity index (χ4v) is 12.3. The van der Waals surface area contributed by atoms with E-state index in [1.165, 1.54) is 77.4 Å². The summed E-state index contributed by atoms with van der Waals surface area (Å²) in [5.74, 6) is 0. The summed E-state index contributed by atoms with van der Waals surface area (Å²) >= 11 is 0. The first kappa shape index (κ1) is 38.9. The molecular formula is C67H42N2O. The fraction of sp³-hybridized carbons (Fsp3) is 0.0149. The molecule has 1 spiro atoms. The van der Waals surface area contributed by atoms with E-state index < -0.39 is 5.41 Å². The summed E-state index contributed by atoms with van der Waals surface area (Å²) in [7, 11) is 0. The third-order valence-electron chi connectivity index (χ3n) is 15.2. The van der Waals surface area contributed by atoms with Crippen molar-refractivity contribution < 1.29 is 4.42 Å². The van der Waals surface area contributed by atoms with Crippen LogP contribution in [0.5, 0.6) is 0 Å². The Morgan fingerprint density at radius 2 is 0.900 bits per heavy atom. The van der Waals surface area contributed by atoms with Crippen molar-refractivity contribution in [3.05, 3.63) is 277 Å².